The van der Waals surface area contributed by atoms with Crippen molar-refractivity contribution in [3.8, 4) is 0 Å². The van der Waals surface area contributed by atoms with Crippen molar-refractivity contribution in [2.45, 2.75) is 31.3 Å². The van der Waals surface area contributed by atoms with E-state index in [1.807, 2.05) is 30.3 Å². The van der Waals surface area contributed by atoms with Gasteiger partial charge in [-0.25, -0.2) is 12.7 Å². The quantitative estimate of drug-likeness (QED) is 0.169. The Hall–Kier alpha value is -4.45. The van der Waals surface area contributed by atoms with Gasteiger partial charge in [-0.15, -0.1) is 0 Å². The number of aliphatic hydroxyl groups excluding tert-OH is 1. The third-order valence-corrected chi connectivity index (χ3v) is 8.10. The molecule has 4 rings (SSSR count). The summed E-state index contributed by atoms with van der Waals surface area (Å²) >= 11 is 0. The van der Waals surface area contributed by atoms with Gasteiger partial charge in [-0.1, -0.05) is 79.4 Å². The lowest BCUT2D eigenvalue weighted by molar-refractivity contribution is -0.137. The zero-order valence-corrected chi connectivity index (χ0v) is 25.4. The van der Waals surface area contributed by atoms with Gasteiger partial charge in [-0.05, 0) is 59.5 Å². The topological polar surface area (TPSA) is 98.7 Å². The minimum Gasteiger partial charge on any atom is -0.390 e. The average molecular weight is 638 g/mol. The van der Waals surface area contributed by atoms with Crippen LogP contribution in [0, 0.1) is 0 Å². The maximum Gasteiger partial charge on any atom is 0.416 e. The Morgan fingerprint density at radius 1 is 0.911 bits per heavy atom. The molecule has 11 heteroatoms. The van der Waals surface area contributed by atoms with Gasteiger partial charge in [0.25, 0.3) is 5.91 Å². The van der Waals surface area contributed by atoms with Gasteiger partial charge in [-0.2, -0.15) is 13.2 Å². The predicted octanol–water partition coefficient (Wildman–Crippen LogP) is 5.94. The molecule has 2 atom stereocenters. The number of rotatable bonds is 13. The number of anilines is 2. The Bertz CT molecular complexity index is 1720. The van der Waals surface area contributed by atoms with E-state index in [-0.39, 0.29) is 30.8 Å². The second-order valence-electron chi connectivity index (χ2n) is 10.5. The Kier molecular flexibility index (Phi) is 10.8. The van der Waals surface area contributed by atoms with Gasteiger partial charge in [0.2, 0.25) is 10.0 Å². The molecule has 0 radical (unpaired) electrons. The number of hydrogen-bond acceptors (Lipinski definition) is 5. The van der Waals surface area contributed by atoms with Crippen LogP contribution < -0.4 is 14.9 Å². The number of carbonyl (C=O) groups is 1. The highest BCUT2D eigenvalue weighted by atomic mass is 32.2. The molecule has 2 unspecified atom stereocenters. The number of carbonyl (C=O) groups excluding carboxylic acids is 1. The summed E-state index contributed by atoms with van der Waals surface area (Å²) in [4.78, 5) is 13.7. The summed E-state index contributed by atoms with van der Waals surface area (Å²) in [5.41, 5.74) is 1.74. The van der Waals surface area contributed by atoms with E-state index in [4.69, 9.17) is 0 Å². The van der Waals surface area contributed by atoms with Crippen molar-refractivity contribution in [2.75, 3.05) is 17.1 Å². The van der Waals surface area contributed by atoms with Crippen LogP contribution in [0.2, 0.25) is 0 Å². The predicted molar refractivity (Wildman–Crippen MR) is 171 cm³/mol. The Morgan fingerprint density at radius 3 is 2.18 bits per heavy atom. The highest BCUT2D eigenvalue weighted by molar-refractivity contribution is 7.92. The summed E-state index contributed by atoms with van der Waals surface area (Å²) in [6.07, 6.45) is -2.77. The smallest absolute Gasteiger partial charge is 0.390 e. The Labute approximate surface area is 261 Å². The van der Waals surface area contributed by atoms with Crippen LogP contribution in [0.25, 0.3) is 6.08 Å². The normalized spacial score (nSPS) is 13.1. The van der Waals surface area contributed by atoms with Gasteiger partial charge in [0, 0.05) is 18.7 Å². The minimum atomic E-state index is -4.47. The number of nitrogens with zero attached hydrogens (tertiary/aromatic N) is 1. The van der Waals surface area contributed by atoms with E-state index in [9.17, 15) is 31.5 Å². The average Bonchev–Trinajstić information content (AvgIpc) is 3.00. The number of nitrogens with one attached hydrogen (secondary N) is 2. The Morgan fingerprint density at radius 2 is 1.56 bits per heavy atom. The van der Waals surface area contributed by atoms with Gasteiger partial charge in [-0.3, -0.25) is 4.79 Å². The molecule has 7 nitrogen and oxygen atoms in total. The van der Waals surface area contributed by atoms with Crippen molar-refractivity contribution >= 4 is 33.4 Å². The third-order valence-electron chi connectivity index (χ3n) is 7.01. The fraction of sp³-hybridized carbons (Fsp3) is 0.206. The van der Waals surface area contributed by atoms with E-state index in [0.29, 0.717) is 16.8 Å². The number of amides is 1. The highest BCUT2D eigenvalue weighted by Crippen LogP contribution is 2.31. The summed E-state index contributed by atoms with van der Waals surface area (Å²) in [7, 11) is -3.80. The first-order valence-electron chi connectivity index (χ1n) is 14.1. The molecule has 4 aromatic carbocycles. The SMILES string of the molecule is C=Cc1cc(C(=O)NC(Cc2ccccc2)C(O)CNCc2cccc(C(F)(F)F)c2)cc(N(c2ccccc2)S(C)(=O)=O)c1. The molecule has 0 saturated heterocycles. The number of benzene rings is 4. The standard InChI is InChI=1S/C34H34F3N3O4S/c1-3-24-17-27(21-30(19-24)40(45(2,43)44)29-15-8-5-9-16-29)33(42)39-31(20-25-11-6-4-7-12-25)32(41)23-38-22-26-13-10-14-28(18-26)34(35,36)37/h3-19,21,31-32,38,41H,1,20,22-23H2,2H3,(H,39,42). The molecular formula is C34H34F3N3O4S. The summed E-state index contributed by atoms with van der Waals surface area (Å²) < 4.78 is 66.2. The molecule has 236 valence electrons. The summed E-state index contributed by atoms with van der Waals surface area (Å²) in [6.45, 7) is 3.82. The van der Waals surface area contributed by atoms with Gasteiger partial charge in [0.05, 0.1) is 35.3 Å². The van der Waals surface area contributed by atoms with Crippen LogP contribution in [0.5, 0.6) is 0 Å². The molecule has 4 aromatic rings. The number of alkyl halides is 3. The van der Waals surface area contributed by atoms with Gasteiger partial charge >= 0.3 is 6.18 Å². The van der Waals surface area contributed by atoms with Gasteiger partial charge < -0.3 is 15.7 Å². The lowest BCUT2D eigenvalue weighted by atomic mass is 10.00. The number of halogens is 3. The zero-order valence-electron chi connectivity index (χ0n) is 24.5. The van der Waals surface area contributed by atoms with Crippen molar-refractivity contribution in [2.24, 2.45) is 0 Å². The lowest BCUT2D eigenvalue weighted by Gasteiger charge is -2.26. The molecule has 0 saturated carbocycles. The van der Waals surface area contributed by atoms with Crippen LogP contribution in [0.3, 0.4) is 0 Å². The van der Waals surface area contributed by atoms with E-state index in [1.54, 1.807) is 48.5 Å². The van der Waals surface area contributed by atoms with Crippen molar-refractivity contribution < 1.29 is 31.5 Å². The molecule has 0 bridgehead atoms. The number of aliphatic hydroxyl groups is 1. The molecule has 3 N–H and O–H groups in total. The molecule has 0 heterocycles. The third kappa shape index (κ3) is 9.27. The van der Waals surface area contributed by atoms with Crippen LogP contribution in [-0.4, -0.2) is 44.4 Å². The first-order valence-corrected chi connectivity index (χ1v) is 15.9. The zero-order chi connectivity index (χ0) is 32.6. The largest absolute Gasteiger partial charge is 0.416 e. The van der Waals surface area contributed by atoms with E-state index >= 15 is 0 Å². The highest BCUT2D eigenvalue weighted by Gasteiger charge is 2.30. The molecule has 0 aliphatic heterocycles. The fourth-order valence-electron chi connectivity index (χ4n) is 4.86. The van der Waals surface area contributed by atoms with Crippen LogP contribution in [0.4, 0.5) is 24.5 Å². The van der Waals surface area contributed by atoms with Crippen molar-refractivity contribution in [1.82, 2.24) is 10.6 Å². The van der Waals surface area contributed by atoms with Crippen LogP contribution in [0.1, 0.15) is 32.6 Å². The van der Waals surface area contributed by atoms with E-state index in [0.717, 1.165) is 28.3 Å². The minimum absolute atomic E-state index is 0.0260. The summed E-state index contributed by atoms with van der Waals surface area (Å²) in [5.74, 6) is -0.556. The number of hydrogen-bond donors (Lipinski definition) is 3. The summed E-state index contributed by atoms with van der Waals surface area (Å²) in [6, 6.07) is 26.4. The van der Waals surface area contributed by atoms with Gasteiger partial charge in [0.1, 0.15) is 0 Å². The molecule has 0 spiro atoms. The van der Waals surface area contributed by atoms with E-state index in [1.165, 1.54) is 18.2 Å². The van der Waals surface area contributed by atoms with Crippen molar-refractivity contribution in [3.05, 3.63) is 138 Å². The fourth-order valence-corrected chi connectivity index (χ4v) is 5.86. The molecule has 0 aliphatic rings. The van der Waals surface area contributed by atoms with Crippen LogP contribution in [0.15, 0.2) is 110 Å². The maximum atomic E-state index is 13.7. The second kappa shape index (κ2) is 14.6. The molecule has 0 aliphatic carbocycles. The Balaban J connectivity index is 1.57. The van der Waals surface area contributed by atoms with Crippen LogP contribution >= 0.6 is 0 Å². The summed E-state index contributed by atoms with van der Waals surface area (Å²) in [5, 5.41) is 17.0. The number of sulfonamides is 1. The molecule has 0 aromatic heterocycles. The van der Waals surface area contributed by atoms with E-state index in [2.05, 4.69) is 17.2 Å². The van der Waals surface area contributed by atoms with Crippen molar-refractivity contribution in [1.29, 1.82) is 0 Å². The van der Waals surface area contributed by atoms with E-state index < -0.39 is 39.8 Å². The number of para-hydroxylation sites is 1. The molecule has 45 heavy (non-hydrogen) atoms. The van der Waals surface area contributed by atoms with Crippen molar-refractivity contribution in [3.63, 3.8) is 0 Å². The first kappa shape index (κ1) is 33.4. The molecule has 0 fully saturated rings. The molecule has 1 amide bonds. The van der Waals surface area contributed by atoms with Crippen LogP contribution in [-0.2, 0) is 29.2 Å². The maximum absolute atomic E-state index is 13.7. The van der Waals surface area contributed by atoms with Gasteiger partial charge in [0.15, 0.2) is 0 Å². The lowest BCUT2D eigenvalue weighted by Crippen LogP contribution is -2.48. The first-order chi connectivity index (χ1) is 21.3. The molecular weight excluding hydrogens is 603 g/mol. The monoisotopic (exact) mass is 637 g/mol. The second-order valence-corrected chi connectivity index (χ2v) is 12.4.